The first-order valence-electron chi connectivity index (χ1n) is 6.88. The Balaban J connectivity index is 2.26. The van der Waals surface area contributed by atoms with Gasteiger partial charge >= 0.3 is 0 Å². The van der Waals surface area contributed by atoms with Crippen LogP contribution in [0.2, 0.25) is 0 Å². The number of likely N-dealkylation sites (N-methyl/N-ethyl adjacent to an activating group) is 2. The molecular formula is C15H24N2O2S. The standard InChI is InChI=1S/C15H24N2O2S/c1-16-15(12-10-20-8-7-17(12)2)11-5-6-13(18-3)14(9-11)19-4/h5-6,9,12,15-16H,7-8,10H2,1-4H3. The normalized spacial score (nSPS) is 21.5. The predicted octanol–water partition coefficient (Wildman–Crippen LogP) is 2.01. The summed E-state index contributed by atoms with van der Waals surface area (Å²) in [4.78, 5) is 2.44. The molecule has 2 atom stereocenters. The summed E-state index contributed by atoms with van der Waals surface area (Å²) in [7, 11) is 7.57. The molecule has 20 heavy (non-hydrogen) atoms. The number of nitrogens with zero attached hydrogens (tertiary/aromatic N) is 1. The fourth-order valence-corrected chi connectivity index (χ4v) is 3.96. The maximum absolute atomic E-state index is 5.41. The molecule has 0 spiro atoms. The van der Waals surface area contributed by atoms with Gasteiger partial charge in [-0.25, -0.2) is 0 Å². The second-order valence-electron chi connectivity index (χ2n) is 5.00. The zero-order valence-corrected chi connectivity index (χ0v) is 13.5. The average Bonchev–Trinajstić information content (AvgIpc) is 2.49. The Bertz CT molecular complexity index is 442. The number of rotatable bonds is 5. The molecule has 112 valence electrons. The summed E-state index contributed by atoms with van der Waals surface area (Å²) in [5.41, 5.74) is 1.24. The fourth-order valence-electron chi connectivity index (χ4n) is 2.68. The topological polar surface area (TPSA) is 33.7 Å². The summed E-state index contributed by atoms with van der Waals surface area (Å²) in [5.74, 6) is 3.93. The van der Waals surface area contributed by atoms with E-state index in [1.807, 2.05) is 24.9 Å². The monoisotopic (exact) mass is 296 g/mol. The number of methoxy groups -OCH3 is 2. The van der Waals surface area contributed by atoms with E-state index in [1.165, 1.54) is 11.3 Å². The molecule has 1 aliphatic heterocycles. The molecule has 0 amide bonds. The van der Waals surface area contributed by atoms with Crippen molar-refractivity contribution < 1.29 is 9.47 Å². The van der Waals surface area contributed by atoms with Gasteiger partial charge in [-0.3, -0.25) is 4.90 Å². The molecule has 1 aromatic rings. The van der Waals surface area contributed by atoms with Gasteiger partial charge in [-0.05, 0) is 31.8 Å². The van der Waals surface area contributed by atoms with Crippen LogP contribution in [0.25, 0.3) is 0 Å². The van der Waals surface area contributed by atoms with Gasteiger partial charge in [0.05, 0.1) is 14.2 Å². The molecule has 1 fully saturated rings. The second-order valence-corrected chi connectivity index (χ2v) is 6.15. The van der Waals surface area contributed by atoms with E-state index in [0.29, 0.717) is 12.1 Å². The number of hydrogen-bond acceptors (Lipinski definition) is 5. The maximum atomic E-state index is 5.41. The van der Waals surface area contributed by atoms with Crippen LogP contribution in [0.3, 0.4) is 0 Å². The molecule has 2 unspecified atom stereocenters. The Labute approximate surface area is 125 Å². The Morgan fingerprint density at radius 1 is 1.30 bits per heavy atom. The van der Waals surface area contributed by atoms with Crippen molar-refractivity contribution >= 4 is 11.8 Å². The van der Waals surface area contributed by atoms with Crippen LogP contribution in [0.4, 0.5) is 0 Å². The molecule has 0 saturated carbocycles. The molecule has 1 aromatic carbocycles. The van der Waals surface area contributed by atoms with Gasteiger partial charge in [-0.15, -0.1) is 0 Å². The van der Waals surface area contributed by atoms with Gasteiger partial charge in [0.25, 0.3) is 0 Å². The predicted molar refractivity (Wildman–Crippen MR) is 85.1 cm³/mol. The molecule has 2 rings (SSSR count). The highest BCUT2D eigenvalue weighted by atomic mass is 32.2. The van der Waals surface area contributed by atoms with Crippen molar-refractivity contribution in [2.75, 3.05) is 46.4 Å². The van der Waals surface area contributed by atoms with Gasteiger partial charge < -0.3 is 14.8 Å². The largest absolute Gasteiger partial charge is 0.493 e. The SMILES string of the molecule is CNC(c1ccc(OC)c(OC)c1)C1CSCCN1C. The van der Waals surface area contributed by atoms with Crippen molar-refractivity contribution in [3.8, 4) is 11.5 Å². The lowest BCUT2D eigenvalue weighted by molar-refractivity contribution is 0.221. The quantitative estimate of drug-likeness (QED) is 0.899. The van der Waals surface area contributed by atoms with E-state index in [-0.39, 0.29) is 0 Å². The van der Waals surface area contributed by atoms with E-state index in [4.69, 9.17) is 9.47 Å². The van der Waals surface area contributed by atoms with Crippen LogP contribution in [-0.2, 0) is 0 Å². The number of thioether (sulfide) groups is 1. The first kappa shape index (κ1) is 15.5. The number of ether oxygens (including phenoxy) is 2. The summed E-state index contributed by atoms with van der Waals surface area (Å²) < 4.78 is 10.7. The number of benzene rings is 1. The lowest BCUT2D eigenvalue weighted by Crippen LogP contribution is -2.47. The van der Waals surface area contributed by atoms with Crippen molar-refractivity contribution in [2.45, 2.75) is 12.1 Å². The molecule has 1 aliphatic rings. The summed E-state index contributed by atoms with van der Waals surface area (Å²) >= 11 is 2.03. The number of hydrogen-bond donors (Lipinski definition) is 1. The Hall–Kier alpha value is -0.910. The van der Waals surface area contributed by atoms with Crippen molar-refractivity contribution in [2.24, 2.45) is 0 Å². The van der Waals surface area contributed by atoms with Crippen LogP contribution < -0.4 is 14.8 Å². The molecule has 1 saturated heterocycles. The van der Waals surface area contributed by atoms with Gasteiger partial charge in [0.15, 0.2) is 11.5 Å². The van der Waals surface area contributed by atoms with Crippen molar-refractivity contribution in [3.63, 3.8) is 0 Å². The molecule has 1 heterocycles. The van der Waals surface area contributed by atoms with Crippen molar-refractivity contribution in [1.82, 2.24) is 10.2 Å². The zero-order valence-electron chi connectivity index (χ0n) is 12.7. The average molecular weight is 296 g/mol. The summed E-state index contributed by atoms with van der Waals surface area (Å²) in [6, 6.07) is 6.97. The third-order valence-electron chi connectivity index (χ3n) is 3.91. The van der Waals surface area contributed by atoms with E-state index in [2.05, 4.69) is 29.4 Å². The lowest BCUT2D eigenvalue weighted by atomic mass is 9.98. The molecule has 1 N–H and O–H groups in total. The van der Waals surface area contributed by atoms with Crippen LogP contribution >= 0.6 is 11.8 Å². The molecule has 0 radical (unpaired) electrons. The maximum Gasteiger partial charge on any atom is 0.161 e. The van der Waals surface area contributed by atoms with Gasteiger partial charge in [0, 0.05) is 30.1 Å². The van der Waals surface area contributed by atoms with Gasteiger partial charge in [-0.2, -0.15) is 11.8 Å². The van der Waals surface area contributed by atoms with Gasteiger partial charge in [0.2, 0.25) is 0 Å². The van der Waals surface area contributed by atoms with Crippen molar-refractivity contribution in [3.05, 3.63) is 23.8 Å². The third kappa shape index (κ3) is 3.22. The Kier molecular flexibility index (Phi) is 5.57. The minimum atomic E-state index is 0.299. The van der Waals surface area contributed by atoms with Gasteiger partial charge in [0.1, 0.15) is 0 Å². The first-order chi connectivity index (χ1) is 9.71. The highest BCUT2D eigenvalue weighted by Crippen LogP contribution is 2.33. The molecule has 0 aliphatic carbocycles. The second kappa shape index (κ2) is 7.20. The minimum Gasteiger partial charge on any atom is -0.493 e. The van der Waals surface area contributed by atoms with Gasteiger partial charge in [-0.1, -0.05) is 6.07 Å². The zero-order chi connectivity index (χ0) is 14.5. The summed E-state index contributed by atoms with van der Waals surface area (Å²) in [6.07, 6.45) is 0. The number of nitrogens with one attached hydrogen (secondary N) is 1. The van der Waals surface area contributed by atoms with Crippen LogP contribution in [0.1, 0.15) is 11.6 Å². The smallest absolute Gasteiger partial charge is 0.161 e. The molecule has 4 nitrogen and oxygen atoms in total. The Morgan fingerprint density at radius 3 is 2.65 bits per heavy atom. The van der Waals surface area contributed by atoms with E-state index in [0.717, 1.165) is 23.8 Å². The molecule has 0 aromatic heterocycles. The van der Waals surface area contributed by atoms with E-state index < -0.39 is 0 Å². The highest BCUT2D eigenvalue weighted by Gasteiger charge is 2.28. The van der Waals surface area contributed by atoms with Crippen LogP contribution in [0.15, 0.2) is 18.2 Å². The highest BCUT2D eigenvalue weighted by molar-refractivity contribution is 7.99. The fraction of sp³-hybridized carbons (Fsp3) is 0.600. The van der Waals surface area contributed by atoms with E-state index >= 15 is 0 Å². The summed E-state index contributed by atoms with van der Waals surface area (Å²) in [6.45, 7) is 1.14. The first-order valence-corrected chi connectivity index (χ1v) is 8.04. The molecular weight excluding hydrogens is 272 g/mol. The van der Waals surface area contributed by atoms with Crippen LogP contribution in [0.5, 0.6) is 11.5 Å². The lowest BCUT2D eigenvalue weighted by Gasteiger charge is -2.38. The van der Waals surface area contributed by atoms with E-state index in [1.54, 1.807) is 14.2 Å². The third-order valence-corrected chi connectivity index (χ3v) is 4.95. The Morgan fingerprint density at radius 2 is 2.05 bits per heavy atom. The van der Waals surface area contributed by atoms with E-state index in [9.17, 15) is 0 Å². The van der Waals surface area contributed by atoms with Crippen LogP contribution in [-0.4, -0.2) is 57.3 Å². The van der Waals surface area contributed by atoms with Crippen molar-refractivity contribution in [1.29, 1.82) is 0 Å². The molecule has 0 bridgehead atoms. The van der Waals surface area contributed by atoms with Crippen LogP contribution in [0, 0.1) is 0 Å². The summed E-state index contributed by atoms with van der Waals surface area (Å²) in [5, 5.41) is 3.46. The minimum absolute atomic E-state index is 0.299. The molecule has 5 heteroatoms.